The van der Waals surface area contributed by atoms with E-state index >= 15 is 0 Å². The number of benzene rings is 1. The second-order valence-electron chi connectivity index (χ2n) is 4.39. The number of rotatable bonds is 3. The van der Waals surface area contributed by atoms with Crippen molar-refractivity contribution in [2.45, 2.75) is 6.42 Å². The van der Waals surface area contributed by atoms with Crippen LogP contribution in [0.5, 0.6) is 0 Å². The third kappa shape index (κ3) is 2.61. The Morgan fingerprint density at radius 1 is 1.05 bits per heavy atom. The lowest BCUT2D eigenvalue weighted by molar-refractivity contribution is -0.115. The van der Waals surface area contributed by atoms with Crippen LogP contribution in [0.25, 0.3) is 5.70 Å². The summed E-state index contributed by atoms with van der Waals surface area (Å²) in [5.74, 6) is -0.0456. The van der Waals surface area contributed by atoms with Crippen LogP contribution in [0, 0.1) is 0 Å². The summed E-state index contributed by atoms with van der Waals surface area (Å²) in [5, 5.41) is 2.83. The van der Waals surface area contributed by atoms with Crippen LogP contribution in [0.2, 0.25) is 0 Å². The van der Waals surface area contributed by atoms with Gasteiger partial charge >= 0.3 is 0 Å². The lowest BCUT2D eigenvalue weighted by Crippen LogP contribution is -2.20. The second kappa shape index (κ2) is 5.44. The highest BCUT2D eigenvalue weighted by Crippen LogP contribution is 2.23. The number of nitrogens with zero attached hydrogens (tertiary/aromatic N) is 1. The van der Waals surface area contributed by atoms with Gasteiger partial charge in [-0.05, 0) is 30.3 Å². The summed E-state index contributed by atoms with van der Waals surface area (Å²) in [4.78, 5) is 16.0. The fourth-order valence-electron chi connectivity index (χ4n) is 1.98. The number of anilines is 2. The number of pyridine rings is 1. The molecular formula is C15H14N4O. The first-order valence-corrected chi connectivity index (χ1v) is 6.35. The van der Waals surface area contributed by atoms with Gasteiger partial charge in [0.2, 0.25) is 5.91 Å². The van der Waals surface area contributed by atoms with E-state index in [1.165, 1.54) is 0 Å². The first kappa shape index (κ1) is 12.2. The Bertz CT molecular complexity index is 652. The number of carbonyl (C=O) groups excluding carboxylic acids is 1. The normalized spacial score (nSPS) is 13.6. The molecule has 2 heterocycles. The minimum Gasteiger partial charge on any atom is -0.324 e. The van der Waals surface area contributed by atoms with Crippen LogP contribution in [-0.4, -0.2) is 10.9 Å². The van der Waals surface area contributed by atoms with Crippen molar-refractivity contribution >= 4 is 23.0 Å². The molecule has 1 amide bonds. The number of hydrazine groups is 1. The van der Waals surface area contributed by atoms with Crippen molar-refractivity contribution in [1.29, 1.82) is 0 Å². The number of carbonyl (C=O) groups is 1. The molecule has 1 aliphatic heterocycles. The summed E-state index contributed by atoms with van der Waals surface area (Å²) in [5.41, 5.74) is 9.37. The Morgan fingerprint density at radius 2 is 1.90 bits per heavy atom. The predicted octanol–water partition coefficient (Wildman–Crippen LogP) is 2.38. The molecule has 0 aliphatic carbocycles. The Balaban J connectivity index is 1.83. The molecule has 1 aliphatic rings. The Morgan fingerprint density at radius 3 is 2.75 bits per heavy atom. The quantitative estimate of drug-likeness (QED) is 0.746. The van der Waals surface area contributed by atoms with Gasteiger partial charge in [0.25, 0.3) is 0 Å². The van der Waals surface area contributed by atoms with Crippen molar-refractivity contribution < 1.29 is 4.79 Å². The molecule has 3 rings (SSSR count). The Kier molecular flexibility index (Phi) is 3.33. The lowest BCUT2D eigenvalue weighted by Gasteiger charge is -2.13. The topological polar surface area (TPSA) is 66.0 Å². The van der Waals surface area contributed by atoms with Gasteiger partial charge in [0.05, 0.1) is 17.1 Å². The smallest absolute Gasteiger partial charge is 0.228 e. The van der Waals surface area contributed by atoms with E-state index in [9.17, 15) is 4.79 Å². The van der Waals surface area contributed by atoms with Gasteiger partial charge in [-0.2, -0.15) is 0 Å². The molecule has 2 aromatic rings. The fraction of sp³-hybridized carbons (Fsp3) is 0.0667. The van der Waals surface area contributed by atoms with E-state index in [0.717, 1.165) is 17.1 Å². The van der Waals surface area contributed by atoms with Crippen molar-refractivity contribution in [3.63, 3.8) is 0 Å². The predicted molar refractivity (Wildman–Crippen MR) is 78.7 cm³/mol. The van der Waals surface area contributed by atoms with Gasteiger partial charge < -0.3 is 10.7 Å². The number of nitrogens with one attached hydrogen (secondary N) is 3. The van der Waals surface area contributed by atoms with Crippen molar-refractivity contribution in [1.82, 2.24) is 10.4 Å². The van der Waals surface area contributed by atoms with Crippen molar-refractivity contribution in [3.8, 4) is 0 Å². The maximum Gasteiger partial charge on any atom is 0.228 e. The fourth-order valence-corrected chi connectivity index (χ4v) is 1.98. The highest BCUT2D eigenvalue weighted by Gasteiger charge is 2.15. The Hall–Kier alpha value is -2.82. The first-order valence-electron chi connectivity index (χ1n) is 6.35. The molecule has 0 atom stereocenters. The van der Waals surface area contributed by atoms with Crippen LogP contribution >= 0.6 is 0 Å². The van der Waals surface area contributed by atoms with Gasteiger partial charge in [0.1, 0.15) is 5.69 Å². The van der Waals surface area contributed by atoms with E-state index in [0.29, 0.717) is 12.1 Å². The number of hydrogen-bond donors (Lipinski definition) is 3. The van der Waals surface area contributed by atoms with Gasteiger partial charge in [-0.25, -0.2) is 0 Å². The highest BCUT2D eigenvalue weighted by molar-refractivity contribution is 5.97. The number of aromatic nitrogens is 1. The minimum atomic E-state index is -0.0456. The van der Waals surface area contributed by atoms with E-state index in [1.54, 1.807) is 12.3 Å². The second-order valence-corrected chi connectivity index (χ2v) is 4.39. The van der Waals surface area contributed by atoms with Crippen LogP contribution < -0.4 is 16.2 Å². The van der Waals surface area contributed by atoms with E-state index in [1.807, 2.05) is 42.5 Å². The summed E-state index contributed by atoms with van der Waals surface area (Å²) in [6.45, 7) is 0. The highest BCUT2D eigenvalue weighted by atomic mass is 16.1. The number of para-hydroxylation sites is 1. The minimum absolute atomic E-state index is 0.0456. The summed E-state index contributed by atoms with van der Waals surface area (Å²) >= 11 is 0. The third-order valence-electron chi connectivity index (χ3n) is 2.94. The average Bonchev–Trinajstić information content (AvgIpc) is 2.65. The molecule has 0 bridgehead atoms. The standard InChI is InChI=1S/C15H14N4O/c20-14-9-8-13(15-12(17-14)7-4-10-16-15)19-18-11-5-2-1-3-6-11/h1-8,10,18-19H,9H2,(H,17,20). The Labute approximate surface area is 116 Å². The maximum absolute atomic E-state index is 11.6. The summed E-state index contributed by atoms with van der Waals surface area (Å²) in [6.07, 6.45) is 3.84. The van der Waals surface area contributed by atoms with Crippen molar-refractivity contribution in [3.05, 3.63) is 60.4 Å². The van der Waals surface area contributed by atoms with Crippen LogP contribution in [0.4, 0.5) is 11.4 Å². The number of fused-ring (bicyclic) bond motifs is 1. The van der Waals surface area contributed by atoms with Gasteiger partial charge in [-0.15, -0.1) is 0 Å². The molecule has 0 spiro atoms. The first-order chi connectivity index (χ1) is 9.83. The molecule has 100 valence electrons. The summed E-state index contributed by atoms with van der Waals surface area (Å²) in [6, 6.07) is 13.4. The van der Waals surface area contributed by atoms with Crippen LogP contribution in [-0.2, 0) is 4.79 Å². The van der Waals surface area contributed by atoms with E-state index in [4.69, 9.17) is 0 Å². The van der Waals surface area contributed by atoms with E-state index < -0.39 is 0 Å². The number of amides is 1. The van der Waals surface area contributed by atoms with Gasteiger partial charge in [0.15, 0.2) is 0 Å². The SMILES string of the molecule is O=C1CC=C(NNc2ccccc2)c2ncccc2N1. The molecule has 0 radical (unpaired) electrons. The van der Waals surface area contributed by atoms with E-state index in [-0.39, 0.29) is 5.91 Å². The molecule has 1 aromatic carbocycles. The van der Waals surface area contributed by atoms with Crippen molar-refractivity contribution in [2.75, 3.05) is 10.7 Å². The molecule has 0 fully saturated rings. The van der Waals surface area contributed by atoms with E-state index in [2.05, 4.69) is 21.2 Å². The zero-order valence-electron chi connectivity index (χ0n) is 10.8. The zero-order valence-corrected chi connectivity index (χ0v) is 10.8. The maximum atomic E-state index is 11.6. The van der Waals surface area contributed by atoms with Gasteiger partial charge in [-0.1, -0.05) is 18.2 Å². The molecule has 3 N–H and O–H groups in total. The molecule has 5 nitrogen and oxygen atoms in total. The molecule has 1 aromatic heterocycles. The summed E-state index contributed by atoms with van der Waals surface area (Å²) < 4.78 is 0. The van der Waals surface area contributed by atoms with Crippen molar-refractivity contribution in [2.24, 2.45) is 0 Å². The monoisotopic (exact) mass is 266 g/mol. The molecule has 0 unspecified atom stereocenters. The molecule has 20 heavy (non-hydrogen) atoms. The van der Waals surface area contributed by atoms with Crippen LogP contribution in [0.15, 0.2) is 54.7 Å². The third-order valence-corrected chi connectivity index (χ3v) is 2.94. The molecule has 0 saturated heterocycles. The summed E-state index contributed by atoms with van der Waals surface area (Å²) in [7, 11) is 0. The number of hydrogen-bond acceptors (Lipinski definition) is 4. The van der Waals surface area contributed by atoms with Gasteiger partial charge in [-0.3, -0.25) is 15.2 Å². The van der Waals surface area contributed by atoms with Crippen LogP contribution in [0.3, 0.4) is 0 Å². The average molecular weight is 266 g/mol. The largest absolute Gasteiger partial charge is 0.324 e. The molecule has 0 saturated carbocycles. The lowest BCUT2D eigenvalue weighted by atomic mass is 10.2. The molecule has 5 heteroatoms. The zero-order chi connectivity index (χ0) is 13.8. The molecular weight excluding hydrogens is 252 g/mol. The van der Waals surface area contributed by atoms with Gasteiger partial charge in [0, 0.05) is 12.6 Å². The van der Waals surface area contributed by atoms with Crippen LogP contribution in [0.1, 0.15) is 12.1 Å².